The number of aryl methyl sites for hydroxylation is 1. The molecule has 0 fully saturated rings. The summed E-state index contributed by atoms with van der Waals surface area (Å²) in [7, 11) is 1.68. The minimum Gasteiger partial charge on any atom is -0.328 e. The fourth-order valence-electron chi connectivity index (χ4n) is 2.64. The van der Waals surface area contributed by atoms with Crippen LogP contribution in [0.25, 0.3) is 0 Å². The summed E-state index contributed by atoms with van der Waals surface area (Å²) in [6.07, 6.45) is 0. The summed E-state index contributed by atoms with van der Waals surface area (Å²) < 4.78 is 0. The van der Waals surface area contributed by atoms with Gasteiger partial charge in [0.25, 0.3) is 5.91 Å². The topological polar surface area (TPSA) is 60.7 Å². The molecule has 2 aromatic rings. The van der Waals surface area contributed by atoms with Gasteiger partial charge >= 0.3 is 0 Å². The number of likely N-dealkylation sites (N-methyl/N-ethyl adjacent to an activating group) is 1. The predicted octanol–water partition coefficient (Wildman–Crippen LogP) is 2.41. The van der Waals surface area contributed by atoms with Crippen LogP contribution in [0.2, 0.25) is 0 Å². The number of quaternary nitrogens is 1. The molecule has 2 aromatic carbocycles. The van der Waals surface area contributed by atoms with E-state index in [0.717, 1.165) is 11.1 Å². The fourth-order valence-corrected chi connectivity index (χ4v) is 2.64. The minimum absolute atomic E-state index is 0.0457. The predicted molar refractivity (Wildman–Crippen MR) is 98.7 cm³/mol. The standard InChI is InChI=1S/C21H25N3O/c1-16-10-12-18(13-11-16)20(17-8-6-5-7-9-17)23-14-19(25)24(4)21(2,3)15-22/h5-13,20,23H,14H2,1-4H3/p+1/t20-/m0/s1. The maximum absolute atomic E-state index is 12.5. The van der Waals surface area contributed by atoms with E-state index in [1.54, 1.807) is 20.9 Å². The second-order valence-corrected chi connectivity index (χ2v) is 6.86. The molecule has 130 valence electrons. The third kappa shape index (κ3) is 4.68. The average molecular weight is 336 g/mol. The second-order valence-electron chi connectivity index (χ2n) is 6.86. The van der Waals surface area contributed by atoms with Crippen molar-refractivity contribution in [3.8, 4) is 6.07 Å². The van der Waals surface area contributed by atoms with E-state index in [-0.39, 0.29) is 18.5 Å². The highest BCUT2D eigenvalue weighted by atomic mass is 16.2. The third-order valence-electron chi connectivity index (χ3n) is 4.61. The summed E-state index contributed by atoms with van der Waals surface area (Å²) >= 11 is 0. The Morgan fingerprint density at radius 1 is 1.12 bits per heavy atom. The van der Waals surface area contributed by atoms with E-state index in [4.69, 9.17) is 0 Å². The number of hydrogen-bond acceptors (Lipinski definition) is 2. The Morgan fingerprint density at radius 3 is 2.24 bits per heavy atom. The summed E-state index contributed by atoms with van der Waals surface area (Å²) in [4.78, 5) is 14.0. The van der Waals surface area contributed by atoms with Crippen LogP contribution in [0.3, 0.4) is 0 Å². The largest absolute Gasteiger partial charge is 0.328 e. The van der Waals surface area contributed by atoms with Gasteiger partial charge in [-0.15, -0.1) is 0 Å². The zero-order valence-electron chi connectivity index (χ0n) is 15.4. The van der Waals surface area contributed by atoms with Gasteiger partial charge in [-0.05, 0) is 20.8 Å². The lowest BCUT2D eigenvalue weighted by atomic mass is 9.97. The summed E-state index contributed by atoms with van der Waals surface area (Å²) in [5, 5.41) is 11.3. The molecule has 4 heteroatoms. The first kappa shape index (κ1) is 18.7. The number of rotatable bonds is 6. The van der Waals surface area contributed by atoms with Gasteiger partial charge in [-0.3, -0.25) is 4.79 Å². The summed E-state index contributed by atoms with van der Waals surface area (Å²) in [6, 6.07) is 20.8. The maximum atomic E-state index is 12.5. The molecule has 2 rings (SSSR count). The van der Waals surface area contributed by atoms with Crippen LogP contribution in [0.15, 0.2) is 54.6 Å². The second kappa shape index (κ2) is 7.96. The molecule has 0 aliphatic rings. The number of nitriles is 1. The number of carbonyl (C=O) groups is 1. The maximum Gasteiger partial charge on any atom is 0.278 e. The molecule has 0 saturated heterocycles. The normalized spacial score (nSPS) is 12.3. The molecule has 0 aromatic heterocycles. The van der Waals surface area contributed by atoms with Gasteiger partial charge in [0.1, 0.15) is 11.6 Å². The first-order valence-electron chi connectivity index (χ1n) is 8.48. The van der Waals surface area contributed by atoms with E-state index in [0.29, 0.717) is 0 Å². The number of nitrogens with two attached hydrogens (primary N) is 1. The lowest BCUT2D eigenvalue weighted by Gasteiger charge is -2.29. The molecule has 4 nitrogen and oxygen atoms in total. The molecule has 1 amide bonds. The molecule has 0 aliphatic carbocycles. The van der Waals surface area contributed by atoms with Crippen LogP contribution in [0, 0.1) is 18.3 Å². The Labute approximate surface area is 150 Å². The quantitative estimate of drug-likeness (QED) is 0.880. The molecule has 25 heavy (non-hydrogen) atoms. The zero-order valence-corrected chi connectivity index (χ0v) is 15.4. The highest BCUT2D eigenvalue weighted by Crippen LogP contribution is 2.18. The summed E-state index contributed by atoms with van der Waals surface area (Å²) in [5.41, 5.74) is 2.71. The van der Waals surface area contributed by atoms with Gasteiger partial charge in [0.2, 0.25) is 0 Å². The summed E-state index contributed by atoms with van der Waals surface area (Å²) in [5.74, 6) is -0.0559. The van der Waals surface area contributed by atoms with Crippen LogP contribution < -0.4 is 5.32 Å². The van der Waals surface area contributed by atoms with Crippen molar-refractivity contribution in [2.75, 3.05) is 13.6 Å². The van der Waals surface area contributed by atoms with Gasteiger partial charge in [0, 0.05) is 18.2 Å². The van der Waals surface area contributed by atoms with Crippen LogP contribution in [0.5, 0.6) is 0 Å². The first-order valence-corrected chi connectivity index (χ1v) is 8.48. The molecule has 0 radical (unpaired) electrons. The lowest BCUT2D eigenvalue weighted by Crippen LogP contribution is -2.88. The van der Waals surface area contributed by atoms with Crippen molar-refractivity contribution in [3.05, 3.63) is 71.3 Å². The van der Waals surface area contributed by atoms with Crippen molar-refractivity contribution in [2.45, 2.75) is 32.4 Å². The Kier molecular flexibility index (Phi) is 5.95. The Morgan fingerprint density at radius 2 is 1.68 bits per heavy atom. The number of benzene rings is 2. The van der Waals surface area contributed by atoms with Crippen LogP contribution in [0.4, 0.5) is 0 Å². The first-order chi connectivity index (χ1) is 11.8. The average Bonchev–Trinajstić information content (AvgIpc) is 2.63. The smallest absolute Gasteiger partial charge is 0.278 e. The highest BCUT2D eigenvalue weighted by molar-refractivity contribution is 5.78. The van der Waals surface area contributed by atoms with Crippen molar-refractivity contribution < 1.29 is 10.1 Å². The molecule has 1 atom stereocenters. The van der Waals surface area contributed by atoms with Crippen LogP contribution >= 0.6 is 0 Å². The van der Waals surface area contributed by atoms with Gasteiger partial charge < -0.3 is 10.2 Å². The Bertz CT molecular complexity index is 745. The summed E-state index contributed by atoms with van der Waals surface area (Å²) in [6.45, 7) is 5.85. The van der Waals surface area contributed by atoms with Crippen molar-refractivity contribution in [2.24, 2.45) is 0 Å². The highest BCUT2D eigenvalue weighted by Gasteiger charge is 2.29. The van der Waals surface area contributed by atoms with E-state index in [1.807, 2.05) is 23.5 Å². The number of nitrogens with zero attached hydrogens (tertiary/aromatic N) is 2. The van der Waals surface area contributed by atoms with Crippen molar-refractivity contribution in [1.82, 2.24) is 4.90 Å². The van der Waals surface area contributed by atoms with E-state index in [1.165, 1.54) is 10.5 Å². The minimum atomic E-state index is -0.809. The van der Waals surface area contributed by atoms with Crippen LogP contribution in [-0.2, 0) is 4.79 Å². The van der Waals surface area contributed by atoms with Gasteiger partial charge in [0.05, 0.1) is 6.07 Å². The fraction of sp³-hybridized carbons (Fsp3) is 0.333. The van der Waals surface area contributed by atoms with Crippen molar-refractivity contribution in [1.29, 1.82) is 5.26 Å². The molecule has 0 bridgehead atoms. The number of carbonyl (C=O) groups excluding carboxylic acids is 1. The molecular formula is C21H26N3O+. The van der Waals surface area contributed by atoms with Gasteiger partial charge in [-0.25, -0.2) is 0 Å². The van der Waals surface area contributed by atoms with Gasteiger partial charge in [-0.2, -0.15) is 5.26 Å². The van der Waals surface area contributed by atoms with E-state index in [9.17, 15) is 10.1 Å². The molecule has 0 saturated carbocycles. The number of amides is 1. The lowest BCUT2D eigenvalue weighted by molar-refractivity contribution is -0.677. The third-order valence-corrected chi connectivity index (χ3v) is 4.61. The van der Waals surface area contributed by atoms with Crippen molar-refractivity contribution in [3.63, 3.8) is 0 Å². The van der Waals surface area contributed by atoms with Gasteiger partial charge in [0.15, 0.2) is 6.54 Å². The monoisotopic (exact) mass is 336 g/mol. The molecule has 0 aliphatic heterocycles. The molecule has 2 N–H and O–H groups in total. The van der Waals surface area contributed by atoms with Gasteiger partial charge in [-0.1, -0.05) is 60.2 Å². The Hall–Kier alpha value is -2.64. The van der Waals surface area contributed by atoms with E-state index in [2.05, 4.69) is 49.4 Å². The van der Waals surface area contributed by atoms with Crippen LogP contribution in [0.1, 0.15) is 36.6 Å². The molecule has 0 spiro atoms. The van der Waals surface area contributed by atoms with E-state index < -0.39 is 5.54 Å². The SMILES string of the molecule is Cc1ccc([C@@H]([NH2+]CC(=O)N(C)C(C)(C)C#N)c2ccccc2)cc1. The molecule has 0 unspecified atom stereocenters. The molecular weight excluding hydrogens is 310 g/mol. The Balaban J connectivity index is 2.19. The van der Waals surface area contributed by atoms with E-state index >= 15 is 0 Å². The van der Waals surface area contributed by atoms with Crippen LogP contribution in [-0.4, -0.2) is 29.9 Å². The molecule has 0 heterocycles. The zero-order chi connectivity index (χ0) is 18.4. The number of hydrogen-bond donors (Lipinski definition) is 1. The van der Waals surface area contributed by atoms with Crippen molar-refractivity contribution >= 4 is 5.91 Å².